The van der Waals surface area contributed by atoms with Gasteiger partial charge in [-0.1, -0.05) is 58.5 Å². The van der Waals surface area contributed by atoms with Gasteiger partial charge in [-0.05, 0) is 189 Å². The van der Waals surface area contributed by atoms with E-state index in [1.165, 1.54) is 60.9 Å². The lowest BCUT2D eigenvalue weighted by atomic mass is 9.84. The molecule has 19 nitrogen and oxygen atoms in total. The van der Waals surface area contributed by atoms with Crippen LogP contribution in [0.15, 0.2) is 107 Å². The number of aliphatic imine (C=N–C) groups is 3. The summed E-state index contributed by atoms with van der Waals surface area (Å²) >= 11 is 24.0. The Balaban J connectivity index is 0.000000177. The van der Waals surface area contributed by atoms with Gasteiger partial charge in [0.2, 0.25) is 0 Å². The SMILES string of the molecule is CC(C)(C)OC(=O)CC1=N[C@](C)(c2cc(CC(=O)c3ncc(Cl)cc3Cl)ccc2F)[C@@H]2CCN=[S@]2(=O)C1(C)C.CC(C)(C)OC(=O)CC1=N[C@](C)(c2cc(N)ccc2F)[C@@H]2CCN=[S@]2(=O)C1(C)C.CC1(C)C(N)=N[C@](C)(c2cc(CC(=O)c3ncc(Cl)cc3Cl)ccc2F)[C@@H]2CCN=[S@@]21=O. The number of rotatable bonds is 13. The zero-order valence-electron chi connectivity index (χ0n) is 58.6. The highest BCUT2D eigenvalue weighted by atomic mass is 35.5. The minimum absolute atomic E-state index is 0.0488. The van der Waals surface area contributed by atoms with E-state index in [2.05, 4.69) is 28.0 Å². The number of nitrogens with zero attached hydrogens (tertiary/aromatic N) is 8. The van der Waals surface area contributed by atoms with E-state index in [4.69, 9.17) is 77.3 Å². The van der Waals surface area contributed by atoms with E-state index in [1.54, 1.807) is 122 Å². The van der Waals surface area contributed by atoms with Gasteiger partial charge in [-0.25, -0.2) is 48.9 Å². The van der Waals surface area contributed by atoms with Gasteiger partial charge in [0, 0.05) is 78.7 Å². The first kappa shape index (κ1) is 77.8. The van der Waals surface area contributed by atoms with Crippen LogP contribution in [0, 0.1) is 17.5 Å². The van der Waals surface area contributed by atoms with Gasteiger partial charge in [0.05, 0.1) is 87.4 Å². The van der Waals surface area contributed by atoms with E-state index in [0.717, 1.165) is 0 Å². The largest absolute Gasteiger partial charge is 0.460 e. The number of anilines is 1. The molecule has 4 N–H and O–H groups in total. The number of amidine groups is 1. The van der Waals surface area contributed by atoms with Crippen molar-refractivity contribution in [3.8, 4) is 0 Å². The number of fused-ring (bicyclic) bond motifs is 3. The molecule has 9 atom stereocenters. The number of aromatic nitrogens is 2. The number of carbonyl (C=O) groups is 4. The predicted octanol–water partition coefficient (Wildman–Crippen LogP) is 14.8. The van der Waals surface area contributed by atoms with E-state index in [-0.39, 0.29) is 81.2 Å². The third-order valence-electron chi connectivity index (χ3n) is 19.4. The lowest BCUT2D eigenvalue weighted by Gasteiger charge is -2.46. The fraction of sp³-hybridized carbons (Fsp3) is 0.507. The maximum Gasteiger partial charge on any atom is 0.312 e. The highest BCUT2D eigenvalue weighted by Gasteiger charge is 2.60. The van der Waals surface area contributed by atoms with Crippen molar-refractivity contribution in [1.82, 2.24) is 9.97 Å². The molecular weight excluding hydrogens is 1430 g/mol. The van der Waals surface area contributed by atoms with Gasteiger partial charge >= 0.3 is 11.9 Å². The Morgan fingerprint density at radius 3 is 1.17 bits per heavy atom. The second kappa shape index (κ2) is 27.7. The van der Waals surface area contributed by atoms with Crippen molar-refractivity contribution in [2.45, 2.75) is 207 Å². The molecule has 6 aliphatic heterocycles. The molecule has 0 aliphatic carbocycles. The molecule has 540 valence electrons. The summed E-state index contributed by atoms with van der Waals surface area (Å²) in [5.74, 6) is -3.00. The highest BCUT2D eigenvalue weighted by Crippen LogP contribution is 2.52. The summed E-state index contributed by atoms with van der Waals surface area (Å²) in [4.78, 5) is 73.7. The fourth-order valence-corrected chi connectivity index (χ4v) is 24.7. The summed E-state index contributed by atoms with van der Waals surface area (Å²) in [6, 6.07) is 16.0. The summed E-state index contributed by atoms with van der Waals surface area (Å²) in [5.41, 5.74) is 10.3. The number of benzene rings is 3. The summed E-state index contributed by atoms with van der Waals surface area (Å²) in [5, 5.41) is -0.649. The van der Waals surface area contributed by atoms with Gasteiger partial charge in [0.1, 0.15) is 67.2 Å². The summed E-state index contributed by atoms with van der Waals surface area (Å²) in [7, 11) is -8.57. The van der Waals surface area contributed by atoms with E-state index in [0.29, 0.717) is 77.2 Å². The number of nitrogens with two attached hydrogens (primary N) is 2. The summed E-state index contributed by atoms with van der Waals surface area (Å²) in [6.45, 7) is 27.7. The van der Waals surface area contributed by atoms with Crippen LogP contribution in [0.5, 0.6) is 0 Å². The molecule has 100 heavy (non-hydrogen) atoms. The van der Waals surface area contributed by atoms with Crippen molar-refractivity contribution in [3.63, 3.8) is 0 Å². The minimum atomic E-state index is -2.96. The number of hydrogen-bond donors (Lipinski definition) is 2. The zero-order valence-corrected chi connectivity index (χ0v) is 64.1. The first-order valence-corrected chi connectivity index (χ1v) is 38.8. The van der Waals surface area contributed by atoms with E-state index in [1.807, 2.05) is 0 Å². The first-order valence-electron chi connectivity index (χ1n) is 32.5. The minimum Gasteiger partial charge on any atom is -0.460 e. The second-order valence-electron chi connectivity index (χ2n) is 29.7. The van der Waals surface area contributed by atoms with Gasteiger partial charge in [-0.3, -0.25) is 34.2 Å². The highest BCUT2D eigenvalue weighted by molar-refractivity contribution is 7.97. The molecule has 29 heteroatoms. The van der Waals surface area contributed by atoms with Crippen molar-refractivity contribution < 1.29 is 54.4 Å². The normalized spacial score (nSPS) is 28.2. The molecular formula is C71H85Cl4F3N10O9S3. The Bertz CT molecular complexity index is 4720. The fourth-order valence-electron chi connectivity index (χ4n) is 14.0. The quantitative estimate of drug-likeness (QED) is 0.0630. The van der Waals surface area contributed by atoms with Crippen molar-refractivity contribution >= 4 is 122 Å². The number of ether oxygens (including phenoxy) is 2. The Morgan fingerprint density at radius 2 is 0.820 bits per heavy atom. The predicted molar refractivity (Wildman–Crippen MR) is 391 cm³/mol. The van der Waals surface area contributed by atoms with Gasteiger partial charge in [-0.15, -0.1) is 0 Å². The number of halogens is 7. The third kappa shape index (κ3) is 14.5. The van der Waals surface area contributed by atoms with Crippen LogP contribution in [0.3, 0.4) is 0 Å². The summed E-state index contributed by atoms with van der Waals surface area (Å²) < 4.78 is 110. The average molecular weight is 1520 g/mol. The van der Waals surface area contributed by atoms with Crippen LogP contribution in [0.1, 0.15) is 185 Å². The number of esters is 2. The lowest BCUT2D eigenvalue weighted by molar-refractivity contribution is -0.154. The monoisotopic (exact) mass is 1510 g/mol. The second-order valence-corrected chi connectivity index (χ2v) is 40.4. The topological polar surface area (TPSA) is 290 Å². The molecule has 0 bridgehead atoms. The average Bonchev–Trinajstić information content (AvgIpc) is 1.40. The molecule has 0 spiro atoms. The van der Waals surface area contributed by atoms with Gasteiger partial charge in [-0.2, -0.15) is 0 Å². The van der Waals surface area contributed by atoms with E-state index < -0.39 is 116 Å². The van der Waals surface area contributed by atoms with Crippen LogP contribution in [-0.4, -0.2) is 124 Å². The van der Waals surface area contributed by atoms with E-state index in [9.17, 15) is 36.2 Å². The molecule has 0 saturated heterocycles. The van der Waals surface area contributed by atoms with Crippen LogP contribution in [0.2, 0.25) is 20.1 Å². The third-order valence-corrected chi connectivity index (χ3v) is 31.5. The van der Waals surface area contributed by atoms with E-state index >= 15 is 8.78 Å². The molecule has 5 aromatic rings. The van der Waals surface area contributed by atoms with Crippen molar-refractivity contribution in [1.29, 1.82) is 0 Å². The molecule has 0 amide bonds. The van der Waals surface area contributed by atoms with Crippen LogP contribution in [-0.2, 0) is 77.7 Å². The van der Waals surface area contributed by atoms with Crippen molar-refractivity contribution in [2.24, 2.45) is 33.8 Å². The molecule has 2 aromatic heterocycles. The van der Waals surface area contributed by atoms with Crippen LogP contribution >= 0.6 is 46.4 Å². The first-order chi connectivity index (χ1) is 46.1. The molecule has 11 rings (SSSR count). The molecule has 6 aliphatic rings. The summed E-state index contributed by atoms with van der Waals surface area (Å²) in [6.07, 6.45) is 3.73. The lowest BCUT2D eigenvalue weighted by Crippen LogP contribution is -2.58. The molecule has 8 heterocycles. The van der Waals surface area contributed by atoms with Crippen LogP contribution in [0.4, 0.5) is 18.9 Å². The smallest absolute Gasteiger partial charge is 0.312 e. The number of pyridine rings is 2. The molecule has 0 radical (unpaired) electrons. The Labute approximate surface area is 604 Å². The number of hydrogen-bond acceptors (Lipinski definition) is 19. The Hall–Kier alpha value is -6.35. The molecule has 0 unspecified atom stereocenters. The van der Waals surface area contributed by atoms with Crippen LogP contribution in [0.25, 0.3) is 0 Å². The maximum atomic E-state index is 15.5. The van der Waals surface area contributed by atoms with Crippen molar-refractivity contribution in [3.05, 3.63) is 156 Å². The van der Waals surface area contributed by atoms with Crippen LogP contribution < -0.4 is 11.5 Å². The number of Topliss-reactive ketones (excluding diaryl/α,β-unsaturated/α-hetero) is 2. The Kier molecular flexibility index (Phi) is 21.5. The Morgan fingerprint density at radius 1 is 0.490 bits per heavy atom. The molecule has 0 saturated carbocycles. The van der Waals surface area contributed by atoms with Gasteiger partial charge in [0.25, 0.3) is 0 Å². The number of ketones is 2. The van der Waals surface area contributed by atoms with Gasteiger partial charge in [0.15, 0.2) is 11.6 Å². The number of carbonyl (C=O) groups excluding carboxylic acids is 4. The number of nitrogen functional groups attached to an aromatic ring is 1. The standard InChI is InChI=1S/C28H32Cl2FN3O4S.C22H23Cl2FN4O2S.C21H30FN3O3S/c1-26(2,3)38-24(36)14-22-27(4,5)39(37)23(9-10-33-39)28(6,34-22)18-11-16(7-8-20(18)31)12-21(35)25-19(30)13-17(29)15-32-25;1-21(2)20(26)29-22(3,18-6-7-28-32(18,21)31)14-8-12(4-5-16(14)25)9-17(30)19-15(24)10-13(23)11-27-19;1-19(2,3)28-18(26)12-16-20(4,5)29(27)17(9-10-24-29)21(6,25-16)14-11-13(23)7-8-15(14)22/h7-8,11,13,15,23H,9-10,12,14H2,1-6H3;4-5,8,10-11,18H,6-7,9H2,1-3H3,(H2,26,29);7-8,11,17H,9-10,12,23H2,1-6H3/t23-,28+,39+;18-,22+,32+;17-,21+,29+/m000/s1. The maximum absolute atomic E-state index is 15.5. The zero-order chi connectivity index (χ0) is 74.3. The van der Waals surface area contributed by atoms with Crippen molar-refractivity contribution in [2.75, 3.05) is 25.4 Å². The molecule has 3 aromatic carbocycles. The van der Waals surface area contributed by atoms with Gasteiger partial charge < -0.3 is 20.9 Å². The molecule has 0 fully saturated rings.